The van der Waals surface area contributed by atoms with Gasteiger partial charge in [-0.25, -0.2) is 0 Å². The second kappa shape index (κ2) is 24.8. The van der Waals surface area contributed by atoms with E-state index in [0.29, 0.717) is 13.2 Å². The third kappa shape index (κ3) is 13.8. The molecule has 0 aromatic heterocycles. The normalized spacial score (nSPS) is 25.2. The molecule has 5 unspecified atom stereocenters. The number of carbonyl (C=O) groups excluding carboxylic acids is 2. The smallest absolute Gasteiger partial charge is 0.217 e. The third-order valence-electron chi connectivity index (χ3n) is 11.6. The number of ether oxygens (including phenoxy) is 7. The van der Waals surface area contributed by atoms with Crippen molar-refractivity contribution in [2.45, 2.75) is 102 Å². The fourth-order valence-corrected chi connectivity index (χ4v) is 8.55. The SMILES string of the molecule is CONC1C(COCc2ccccc2)C(O[C@@H]2O[C@H](COCc3ccccc3)[C@@H](OCc3ccccc3)[C@H](OCc3ccccc3)[C@H]2NC(C)=O)C(OCc2ccccc2)C1NC(C)=O. The molecular weight excluding hydrogens is 827 g/mol. The zero-order chi connectivity index (χ0) is 45.2. The number of benzene rings is 5. The number of amides is 2. The van der Waals surface area contributed by atoms with E-state index in [4.69, 9.17) is 38.0 Å². The van der Waals surface area contributed by atoms with Gasteiger partial charge in [-0.1, -0.05) is 152 Å². The Labute approximate surface area is 382 Å². The van der Waals surface area contributed by atoms with E-state index in [9.17, 15) is 9.59 Å². The fourth-order valence-electron chi connectivity index (χ4n) is 8.55. The zero-order valence-corrected chi connectivity index (χ0v) is 37.2. The molecule has 13 nitrogen and oxygen atoms in total. The highest BCUT2D eigenvalue weighted by atomic mass is 16.7. The largest absolute Gasteiger partial charge is 0.376 e. The lowest BCUT2D eigenvalue weighted by Gasteiger charge is -2.47. The Kier molecular flexibility index (Phi) is 18.2. The number of hydrogen-bond donors (Lipinski definition) is 3. The number of carbonyl (C=O) groups is 2. The maximum absolute atomic E-state index is 13.3. The summed E-state index contributed by atoms with van der Waals surface area (Å²) < 4.78 is 47.6. The summed E-state index contributed by atoms with van der Waals surface area (Å²) in [7, 11) is 1.53. The van der Waals surface area contributed by atoms with Crippen molar-refractivity contribution in [2.24, 2.45) is 5.92 Å². The molecule has 13 heteroatoms. The van der Waals surface area contributed by atoms with Crippen LogP contribution in [0, 0.1) is 5.92 Å². The summed E-state index contributed by atoms with van der Waals surface area (Å²) in [5, 5.41) is 6.27. The maximum atomic E-state index is 13.3. The summed E-state index contributed by atoms with van der Waals surface area (Å²) in [5.74, 6) is -1.06. The Morgan fingerprint density at radius 2 is 0.862 bits per heavy atom. The fraction of sp³-hybridized carbons (Fsp3) is 0.385. The van der Waals surface area contributed by atoms with Crippen LogP contribution in [0.1, 0.15) is 41.7 Å². The van der Waals surface area contributed by atoms with Crippen molar-refractivity contribution >= 4 is 11.8 Å². The van der Waals surface area contributed by atoms with E-state index in [0.717, 1.165) is 27.8 Å². The average molecular weight is 888 g/mol. The van der Waals surface area contributed by atoms with Gasteiger partial charge in [-0.05, 0) is 27.8 Å². The van der Waals surface area contributed by atoms with Crippen LogP contribution >= 0.6 is 0 Å². The van der Waals surface area contributed by atoms with Gasteiger partial charge < -0.3 is 48.6 Å². The standard InChI is InChI=1S/C52H61N3O10/c1-36(56)53-46-45(55-58-3)43(34-59-29-38-19-9-4-10-20-38)48(50(46)62-32-41-25-15-7-16-26-41)65-52-47(54-37(2)57)51(63-33-42-27-17-8-18-28-42)49(61-31-40-23-13-6-14-24-40)44(64-52)35-60-30-39-21-11-5-12-22-39/h4-28,43-52,55H,29-35H2,1-3H3,(H,53,56)(H,54,57)/t43?,44-,45?,46?,47-,48?,49-,50?,51-,52+/m1/s1. The molecule has 10 atom stereocenters. The number of hydrogen-bond acceptors (Lipinski definition) is 11. The van der Waals surface area contributed by atoms with E-state index < -0.39 is 60.9 Å². The Morgan fingerprint density at radius 3 is 1.29 bits per heavy atom. The Bertz CT molecular complexity index is 2140. The summed E-state index contributed by atoms with van der Waals surface area (Å²) in [5.41, 5.74) is 7.96. The lowest BCUT2D eigenvalue weighted by atomic mass is 9.95. The molecule has 1 aliphatic heterocycles. The second-order valence-electron chi connectivity index (χ2n) is 16.4. The topological polar surface area (TPSA) is 144 Å². The molecule has 5 aromatic rings. The quantitative estimate of drug-likeness (QED) is 0.0624. The molecule has 0 bridgehead atoms. The van der Waals surface area contributed by atoms with Gasteiger partial charge in [0, 0.05) is 19.8 Å². The molecule has 2 aliphatic rings. The van der Waals surface area contributed by atoms with E-state index >= 15 is 0 Å². The number of nitrogens with one attached hydrogen (secondary N) is 3. The molecular formula is C52H61N3O10. The molecule has 1 aliphatic carbocycles. The van der Waals surface area contributed by atoms with Gasteiger partial charge in [-0.15, -0.1) is 0 Å². The molecule has 3 N–H and O–H groups in total. The van der Waals surface area contributed by atoms with E-state index in [2.05, 4.69) is 16.1 Å². The van der Waals surface area contributed by atoms with Gasteiger partial charge in [0.25, 0.3) is 0 Å². The van der Waals surface area contributed by atoms with Crippen LogP contribution in [0.15, 0.2) is 152 Å². The van der Waals surface area contributed by atoms with Crippen molar-refractivity contribution in [1.82, 2.24) is 16.1 Å². The van der Waals surface area contributed by atoms with Crippen LogP contribution in [0.3, 0.4) is 0 Å². The van der Waals surface area contributed by atoms with Gasteiger partial charge in [-0.2, -0.15) is 5.48 Å². The first-order valence-electron chi connectivity index (χ1n) is 22.2. The summed E-state index contributed by atoms with van der Waals surface area (Å²) in [4.78, 5) is 31.9. The monoisotopic (exact) mass is 887 g/mol. The number of hydroxylamine groups is 1. The Hall–Kier alpha value is -5.32. The third-order valence-corrected chi connectivity index (χ3v) is 11.6. The molecule has 65 heavy (non-hydrogen) atoms. The molecule has 1 saturated carbocycles. The van der Waals surface area contributed by atoms with Gasteiger partial charge in [0.2, 0.25) is 11.8 Å². The minimum absolute atomic E-state index is 0.108. The molecule has 1 saturated heterocycles. The zero-order valence-electron chi connectivity index (χ0n) is 37.2. The van der Waals surface area contributed by atoms with Gasteiger partial charge in [0.05, 0.1) is 71.5 Å². The first-order valence-corrected chi connectivity index (χ1v) is 22.2. The van der Waals surface area contributed by atoms with E-state index in [1.54, 1.807) is 0 Å². The average Bonchev–Trinajstić information content (AvgIpc) is 3.58. The van der Waals surface area contributed by atoms with E-state index in [-0.39, 0.29) is 44.8 Å². The van der Waals surface area contributed by atoms with Gasteiger partial charge >= 0.3 is 0 Å². The molecule has 0 spiro atoms. The van der Waals surface area contributed by atoms with Crippen molar-refractivity contribution in [3.8, 4) is 0 Å². The van der Waals surface area contributed by atoms with Crippen molar-refractivity contribution in [3.63, 3.8) is 0 Å². The molecule has 2 amide bonds. The van der Waals surface area contributed by atoms with Gasteiger partial charge in [0.15, 0.2) is 6.29 Å². The molecule has 5 aromatic carbocycles. The van der Waals surface area contributed by atoms with Crippen molar-refractivity contribution in [1.29, 1.82) is 0 Å². The summed E-state index contributed by atoms with van der Waals surface area (Å²) >= 11 is 0. The summed E-state index contributed by atoms with van der Waals surface area (Å²) in [6.07, 6.45) is -4.98. The molecule has 2 fully saturated rings. The Morgan fingerprint density at radius 1 is 0.477 bits per heavy atom. The highest BCUT2D eigenvalue weighted by Crippen LogP contribution is 2.38. The predicted molar refractivity (Wildman–Crippen MR) is 243 cm³/mol. The van der Waals surface area contributed by atoms with Crippen molar-refractivity contribution < 1.29 is 47.6 Å². The second-order valence-corrected chi connectivity index (χ2v) is 16.4. The van der Waals surface area contributed by atoms with Crippen LogP contribution in [0.5, 0.6) is 0 Å². The first kappa shape index (κ1) is 47.6. The minimum Gasteiger partial charge on any atom is -0.376 e. The minimum atomic E-state index is -1.13. The molecule has 1 heterocycles. The van der Waals surface area contributed by atoms with E-state index in [1.807, 2.05) is 152 Å². The van der Waals surface area contributed by atoms with Crippen LogP contribution in [-0.4, -0.2) is 87.1 Å². The van der Waals surface area contributed by atoms with Crippen LogP contribution in [0.2, 0.25) is 0 Å². The molecule has 344 valence electrons. The predicted octanol–water partition coefficient (Wildman–Crippen LogP) is 6.45. The van der Waals surface area contributed by atoms with Crippen LogP contribution < -0.4 is 16.1 Å². The van der Waals surface area contributed by atoms with Crippen LogP contribution in [-0.2, 0) is 80.6 Å². The molecule has 0 radical (unpaired) electrons. The van der Waals surface area contributed by atoms with Gasteiger partial charge in [-0.3, -0.25) is 9.59 Å². The van der Waals surface area contributed by atoms with Crippen molar-refractivity contribution in [3.05, 3.63) is 179 Å². The number of rotatable bonds is 23. The first-order chi connectivity index (χ1) is 31.9. The maximum Gasteiger partial charge on any atom is 0.217 e. The van der Waals surface area contributed by atoms with E-state index in [1.165, 1.54) is 21.0 Å². The van der Waals surface area contributed by atoms with Crippen LogP contribution in [0.4, 0.5) is 0 Å². The van der Waals surface area contributed by atoms with Gasteiger partial charge in [0.1, 0.15) is 30.5 Å². The summed E-state index contributed by atoms with van der Waals surface area (Å²) in [6.45, 7) is 4.53. The molecule has 7 rings (SSSR count). The van der Waals surface area contributed by atoms with Crippen LogP contribution in [0.25, 0.3) is 0 Å². The van der Waals surface area contributed by atoms with Crippen molar-refractivity contribution in [2.75, 3.05) is 20.3 Å². The Balaban J connectivity index is 1.27. The highest BCUT2D eigenvalue weighted by Gasteiger charge is 2.56. The lowest BCUT2D eigenvalue weighted by Crippen LogP contribution is -2.66. The summed E-state index contributed by atoms with van der Waals surface area (Å²) in [6, 6.07) is 47.2. The lowest BCUT2D eigenvalue weighted by molar-refractivity contribution is -0.309. The highest BCUT2D eigenvalue weighted by molar-refractivity contribution is 5.74.